The van der Waals surface area contributed by atoms with Crippen LogP contribution in [0.1, 0.15) is 23.2 Å². The van der Waals surface area contributed by atoms with E-state index in [1.54, 1.807) is 40.7 Å². The first kappa shape index (κ1) is 16.5. The number of anilines is 1. The maximum atomic E-state index is 13.1. The molecular weight excluding hydrogens is 354 g/mol. The molecular formula is C18H15N3O4S. The minimum Gasteiger partial charge on any atom is -0.422 e. The third kappa shape index (κ3) is 2.99. The van der Waals surface area contributed by atoms with Gasteiger partial charge in [-0.05, 0) is 18.6 Å². The zero-order valence-electron chi connectivity index (χ0n) is 13.8. The van der Waals surface area contributed by atoms with E-state index in [0.29, 0.717) is 29.1 Å². The SMILES string of the molecule is O=C1CCCN1CN(C(=O)c1cc2ccccc2oc1=O)c1nccs1. The highest BCUT2D eigenvalue weighted by atomic mass is 32.1. The second-order valence-corrected chi connectivity index (χ2v) is 6.81. The highest BCUT2D eigenvalue weighted by Gasteiger charge is 2.29. The van der Waals surface area contributed by atoms with Gasteiger partial charge in [-0.1, -0.05) is 18.2 Å². The van der Waals surface area contributed by atoms with Gasteiger partial charge in [-0.3, -0.25) is 14.5 Å². The van der Waals surface area contributed by atoms with Crippen LogP contribution in [-0.2, 0) is 4.79 Å². The van der Waals surface area contributed by atoms with Gasteiger partial charge in [0, 0.05) is 29.9 Å². The van der Waals surface area contributed by atoms with Crippen LogP contribution in [0.4, 0.5) is 5.13 Å². The van der Waals surface area contributed by atoms with E-state index in [0.717, 1.165) is 6.42 Å². The number of benzene rings is 1. The predicted octanol–water partition coefficient (Wildman–Crippen LogP) is 2.48. The lowest BCUT2D eigenvalue weighted by Gasteiger charge is -2.25. The number of thiazole rings is 1. The van der Waals surface area contributed by atoms with Crippen LogP contribution in [0.25, 0.3) is 11.0 Å². The van der Waals surface area contributed by atoms with Gasteiger partial charge in [0.15, 0.2) is 5.13 Å². The van der Waals surface area contributed by atoms with Crippen molar-refractivity contribution in [2.24, 2.45) is 0 Å². The fourth-order valence-electron chi connectivity index (χ4n) is 2.94. The van der Waals surface area contributed by atoms with E-state index >= 15 is 0 Å². The quantitative estimate of drug-likeness (QED) is 0.660. The van der Waals surface area contributed by atoms with E-state index in [1.165, 1.54) is 22.3 Å². The number of fused-ring (bicyclic) bond motifs is 1. The third-order valence-electron chi connectivity index (χ3n) is 4.25. The molecule has 0 spiro atoms. The molecule has 4 rings (SSSR count). The summed E-state index contributed by atoms with van der Waals surface area (Å²) >= 11 is 1.27. The molecule has 3 aromatic rings. The van der Waals surface area contributed by atoms with Crippen molar-refractivity contribution < 1.29 is 14.0 Å². The number of hydrogen-bond acceptors (Lipinski definition) is 6. The predicted molar refractivity (Wildman–Crippen MR) is 97.2 cm³/mol. The molecule has 1 saturated heterocycles. The molecule has 0 bridgehead atoms. The van der Waals surface area contributed by atoms with Gasteiger partial charge in [-0.2, -0.15) is 0 Å². The average molecular weight is 369 g/mol. The lowest BCUT2D eigenvalue weighted by Crippen LogP contribution is -2.43. The topological polar surface area (TPSA) is 83.7 Å². The fraction of sp³-hybridized carbons (Fsp3) is 0.222. The summed E-state index contributed by atoms with van der Waals surface area (Å²) in [4.78, 5) is 44.5. The molecule has 0 unspecified atom stereocenters. The zero-order valence-corrected chi connectivity index (χ0v) is 14.6. The lowest BCUT2D eigenvalue weighted by molar-refractivity contribution is -0.127. The van der Waals surface area contributed by atoms with Crippen LogP contribution in [0.2, 0.25) is 0 Å². The molecule has 2 aromatic heterocycles. The van der Waals surface area contributed by atoms with E-state index in [2.05, 4.69) is 4.98 Å². The Kier molecular flexibility index (Phi) is 4.26. The summed E-state index contributed by atoms with van der Waals surface area (Å²) in [7, 11) is 0. The summed E-state index contributed by atoms with van der Waals surface area (Å²) in [5, 5.41) is 2.83. The summed E-state index contributed by atoms with van der Waals surface area (Å²) in [6, 6.07) is 8.53. The molecule has 0 N–H and O–H groups in total. The molecule has 7 nitrogen and oxygen atoms in total. The van der Waals surface area contributed by atoms with Gasteiger partial charge in [-0.25, -0.2) is 9.78 Å². The van der Waals surface area contributed by atoms with Gasteiger partial charge in [0.25, 0.3) is 5.91 Å². The van der Waals surface area contributed by atoms with E-state index in [1.807, 2.05) is 0 Å². The molecule has 3 heterocycles. The number of carbonyl (C=O) groups is 2. The van der Waals surface area contributed by atoms with Crippen LogP contribution in [0.5, 0.6) is 0 Å². The second-order valence-electron chi connectivity index (χ2n) is 5.94. The molecule has 2 amide bonds. The number of likely N-dealkylation sites (tertiary alicyclic amines) is 1. The standard InChI is InChI=1S/C18H15N3O4S/c22-15-6-3-8-20(15)11-21(18-19-7-9-26-18)16(23)13-10-12-4-1-2-5-14(12)25-17(13)24/h1-2,4-5,7,9-10H,3,6,8,11H2. The van der Waals surface area contributed by atoms with Crippen LogP contribution in [0, 0.1) is 0 Å². The monoisotopic (exact) mass is 369 g/mol. The molecule has 0 atom stereocenters. The Balaban J connectivity index is 1.73. The van der Waals surface area contributed by atoms with Crippen LogP contribution in [0.15, 0.2) is 51.1 Å². The van der Waals surface area contributed by atoms with Crippen molar-refractivity contribution in [2.75, 3.05) is 18.1 Å². The van der Waals surface area contributed by atoms with E-state index in [-0.39, 0.29) is 18.1 Å². The Morgan fingerprint density at radius 2 is 2.15 bits per heavy atom. The van der Waals surface area contributed by atoms with Gasteiger partial charge in [0.1, 0.15) is 17.8 Å². The number of carbonyl (C=O) groups excluding carboxylic acids is 2. The number of aromatic nitrogens is 1. The van der Waals surface area contributed by atoms with Crippen molar-refractivity contribution in [1.29, 1.82) is 0 Å². The summed E-state index contributed by atoms with van der Waals surface area (Å²) in [5.74, 6) is -0.538. The van der Waals surface area contributed by atoms with E-state index in [9.17, 15) is 14.4 Å². The smallest absolute Gasteiger partial charge is 0.349 e. The van der Waals surface area contributed by atoms with E-state index < -0.39 is 11.5 Å². The number of para-hydroxylation sites is 1. The van der Waals surface area contributed by atoms with Crippen LogP contribution >= 0.6 is 11.3 Å². The van der Waals surface area contributed by atoms with Crippen molar-refractivity contribution >= 4 is 39.3 Å². The van der Waals surface area contributed by atoms with Crippen LogP contribution in [0.3, 0.4) is 0 Å². The number of nitrogens with zero attached hydrogens (tertiary/aromatic N) is 3. The Morgan fingerprint density at radius 1 is 1.31 bits per heavy atom. The molecule has 132 valence electrons. The first-order valence-electron chi connectivity index (χ1n) is 8.15. The normalized spacial score (nSPS) is 14.2. The maximum absolute atomic E-state index is 13.1. The molecule has 0 saturated carbocycles. The summed E-state index contributed by atoms with van der Waals surface area (Å²) in [5.41, 5.74) is -0.363. The van der Waals surface area contributed by atoms with Crippen molar-refractivity contribution in [2.45, 2.75) is 12.8 Å². The molecule has 1 aliphatic rings. The summed E-state index contributed by atoms with van der Waals surface area (Å²) in [6.07, 6.45) is 2.81. The first-order chi connectivity index (χ1) is 12.6. The van der Waals surface area contributed by atoms with Crippen LogP contribution < -0.4 is 10.5 Å². The second kappa shape index (κ2) is 6.72. The fourth-order valence-corrected chi connectivity index (χ4v) is 3.57. The molecule has 1 fully saturated rings. The van der Waals surface area contributed by atoms with Gasteiger partial charge < -0.3 is 9.32 Å². The first-order valence-corrected chi connectivity index (χ1v) is 9.03. The molecule has 0 aliphatic carbocycles. The summed E-state index contributed by atoms with van der Waals surface area (Å²) < 4.78 is 5.27. The minimum atomic E-state index is -0.706. The van der Waals surface area contributed by atoms with Gasteiger partial charge >= 0.3 is 5.63 Å². The zero-order chi connectivity index (χ0) is 18.1. The van der Waals surface area contributed by atoms with E-state index in [4.69, 9.17) is 4.42 Å². The van der Waals surface area contributed by atoms with Crippen LogP contribution in [-0.4, -0.2) is 34.9 Å². The molecule has 1 aliphatic heterocycles. The largest absolute Gasteiger partial charge is 0.422 e. The van der Waals surface area contributed by atoms with Crippen molar-refractivity contribution in [3.63, 3.8) is 0 Å². The molecule has 26 heavy (non-hydrogen) atoms. The van der Waals surface area contributed by atoms with Crippen molar-refractivity contribution in [3.05, 3.63) is 57.9 Å². The number of rotatable bonds is 4. The minimum absolute atomic E-state index is 0.00935. The van der Waals surface area contributed by atoms with Gasteiger partial charge in [-0.15, -0.1) is 11.3 Å². The molecule has 0 radical (unpaired) electrons. The Bertz CT molecular complexity index is 1030. The highest BCUT2D eigenvalue weighted by molar-refractivity contribution is 7.13. The highest BCUT2D eigenvalue weighted by Crippen LogP contribution is 2.22. The molecule has 8 heteroatoms. The van der Waals surface area contributed by atoms with Gasteiger partial charge in [0.2, 0.25) is 5.91 Å². The average Bonchev–Trinajstić information content (AvgIpc) is 3.30. The van der Waals surface area contributed by atoms with Crippen molar-refractivity contribution in [1.82, 2.24) is 9.88 Å². The lowest BCUT2D eigenvalue weighted by atomic mass is 10.1. The number of hydrogen-bond donors (Lipinski definition) is 0. The summed E-state index contributed by atoms with van der Waals surface area (Å²) in [6.45, 7) is 0.651. The number of amides is 2. The Labute approximate surface area is 152 Å². The Morgan fingerprint density at radius 3 is 2.88 bits per heavy atom. The molecule has 1 aromatic carbocycles. The van der Waals surface area contributed by atoms with Crippen molar-refractivity contribution in [3.8, 4) is 0 Å². The maximum Gasteiger partial charge on any atom is 0.349 e. The van der Waals surface area contributed by atoms with Gasteiger partial charge in [0.05, 0.1) is 0 Å². The Hall–Kier alpha value is -3.00. The third-order valence-corrected chi connectivity index (χ3v) is 5.05.